The summed E-state index contributed by atoms with van der Waals surface area (Å²) in [5.74, 6) is 1.41. The summed E-state index contributed by atoms with van der Waals surface area (Å²) >= 11 is 0. The molecule has 0 aliphatic carbocycles. The molecule has 7 heteroatoms. The van der Waals surface area contributed by atoms with E-state index in [4.69, 9.17) is 14.2 Å². The summed E-state index contributed by atoms with van der Waals surface area (Å²) in [6.45, 7) is 3.62. The fourth-order valence-electron chi connectivity index (χ4n) is 1.74. The topological polar surface area (TPSA) is 73.9 Å². The molecule has 0 unspecified atom stereocenters. The van der Waals surface area contributed by atoms with Crippen LogP contribution in [0.25, 0.3) is 0 Å². The monoisotopic (exact) mass is 317 g/mol. The summed E-state index contributed by atoms with van der Waals surface area (Å²) in [7, 11) is 0.00364. The second-order valence-electron chi connectivity index (χ2n) is 4.59. The Morgan fingerprint density at radius 3 is 2.14 bits per heavy atom. The van der Waals surface area contributed by atoms with Crippen molar-refractivity contribution in [3.8, 4) is 17.2 Å². The van der Waals surface area contributed by atoms with E-state index in [1.807, 2.05) is 19.1 Å². The van der Waals surface area contributed by atoms with Crippen LogP contribution in [0.5, 0.6) is 17.2 Å². The Labute approximate surface area is 126 Å². The van der Waals surface area contributed by atoms with E-state index >= 15 is 0 Å². The van der Waals surface area contributed by atoms with E-state index < -0.39 is 9.84 Å². The van der Waals surface area contributed by atoms with E-state index in [2.05, 4.69) is 5.32 Å². The highest BCUT2D eigenvalue weighted by Crippen LogP contribution is 2.38. The van der Waals surface area contributed by atoms with Gasteiger partial charge in [0.15, 0.2) is 21.3 Å². The Morgan fingerprint density at radius 1 is 1.14 bits per heavy atom. The first-order valence-corrected chi connectivity index (χ1v) is 8.73. The van der Waals surface area contributed by atoms with Gasteiger partial charge in [-0.3, -0.25) is 0 Å². The van der Waals surface area contributed by atoms with E-state index in [-0.39, 0.29) is 12.4 Å². The third-order valence-corrected chi connectivity index (χ3v) is 3.71. The molecule has 0 fully saturated rings. The Kier molecular flexibility index (Phi) is 6.77. The van der Waals surface area contributed by atoms with Crippen molar-refractivity contribution in [2.75, 3.05) is 39.4 Å². The van der Waals surface area contributed by atoms with Gasteiger partial charge in [-0.05, 0) is 24.2 Å². The molecule has 0 aliphatic rings. The van der Waals surface area contributed by atoms with Gasteiger partial charge in [-0.2, -0.15) is 0 Å². The molecule has 0 bridgehead atoms. The average Bonchev–Trinajstić information content (AvgIpc) is 2.44. The molecule has 1 aromatic carbocycles. The van der Waals surface area contributed by atoms with Crippen molar-refractivity contribution in [2.45, 2.75) is 13.5 Å². The van der Waals surface area contributed by atoms with Gasteiger partial charge in [0.2, 0.25) is 5.75 Å². The van der Waals surface area contributed by atoms with Gasteiger partial charge in [-0.15, -0.1) is 0 Å². The lowest BCUT2D eigenvalue weighted by Gasteiger charge is -2.16. The van der Waals surface area contributed by atoms with Gasteiger partial charge in [0, 0.05) is 12.8 Å². The molecule has 0 spiro atoms. The predicted octanol–water partition coefficient (Wildman–Crippen LogP) is 1.24. The van der Waals surface area contributed by atoms with Crippen molar-refractivity contribution < 1.29 is 22.6 Å². The summed E-state index contributed by atoms with van der Waals surface area (Å²) in [4.78, 5) is 0. The molecule has 6 nitrogen and oxygen atoms in total. The van der Waals surface area contributed by atoms with Crippen molar-refractivity contribution in [2.24, 2.45) is 0 Å². The van der Waals surface area contributed by atoms with Gasteiger partial charge in [0.1, 0.15) is 6.61 Å². The highest BCUT2D eigenvalue weighted by Gasteiger charge is 2.15. The first-order chi connectivity index (χ1) is 9.91. The fraction of sp³-hybridized carbons (Fsp3) is 0.571. The molecular weight excluding hydrogens is 294 g/mol. The molecule has 0 aliphatic heterocycles. The molecule has 0 atom stereocenters. The molecule has 0 radical (unpaired) electrons. The lowest BCUT2D eigenvalue weighted by molar-refractivity contribution is 0.288. The number of ether oxygens (including phenoxy) is 3. The maximum atomic E-state index is 11.2. The van der Waals surface area contributed by atoms with Gasteiger partial charge < -0.3 is 19.5 Å². The molecule has 0 saturated carbocycles. The molecule has 0 saturated heterocycles. The maximum Gasteiger partial charge on any atom is 0.203 e. The minimum absolute atomic E-state index is 0.0537. The minimum atomic E-state index is -3.07. The molecule has 1 aromatic rings. The number of hydrogen-bond donors (Lipinski definition) is 1. The molecule has 0 aromatic heterocycles. The Hall–Kier alpha value is -1.47. The Morgan fingerprint density at radius 2 is 1.71 bits per heavy atom. The zero-order chi connectivity index (χ0) is 15.9. The summed E-state index contributed by atoms with van der Waals surface area (Å²) in [5, 5.41) is 3.22. The first-order valence-electron chi connectivity index (χ1n) is 6.67. The van der Waals surface area contributed by atoms with Crippen molar-refractivity contribution in [1.29, 1.82) is 0 Å². The number of methoxy groups -OCH3 is 2. The number of benzene rings is 1. The molecule has 21 heavy (non-hydrogen) atoms. The van der Waals surface area contributed by atoms with Crippen molar-refractivity contribution in [3.63, 3.8) is 0 Å². The molecule has 120 valence electrons. The number of sulfone groups is 1. The second kappa shape index (κ2) is 8.09. The van der Waals surface area contributed by atoms with Crippen molar-refractivity contribution in [1.82, 2.24) is 5.32 Å². The van der Waals surface area contributed by atoms with Gasteiger partial charge >= 0.3 is 0 Å². The average molecular weight is 317 g/mol. The zero-order valence-corrected chi connectivity index (χ0v) is 13.7. The predicted molar refractivity (Wildman–Crippen MR) is 82.1 cm³/mol. The van der Waals surface area contributed by atoms with Crippen LogP contribution in [0.1, 0.15) is 12.5 Å². The number of nitrogens with one attached hydrogen (secondary N) is 1. The number of rotatable bonds is 9. The molecule has 1 N–H and O–H groups in total. The summed E-state index contributed by atoms with van der Waals surface area (Å²) in [5.41, 5.74) is 1.00. The van der Waals surface area contributed by atoms with Gasteiger partial charge in [-0.1, -0.05) is 6.92 Å². The van der Waals surface area contributed by atoms with E-state index in [0.717, 1.165) is 12.1 Å². The lowest BCUT2D eigenvalue weighted by atomic mass is 10.1. The van der Waals surface area contributed by atoms with Crippen LogP contribution in [-0.2, 0) is 16.4 Å². The fourth-order valence-corrected chi connectivity index (χ4v) is 2.13. The smallest absolute Gasteiger partial charge is 0.203 e. The quantitative estimate of drug-likeness (QED) is 0.738. The SMILES string of the molecule is CCNCc1cc(OC)c(OCCS(C)(=O)=O)c(OC)c1. The van der Waals surface area contributed by atoms with Gasteiger partial charge in [-0.25, -0.2) is 8.42 Å². The minimum Gasteiger partial charge on any atom is -0.493 e. The summed E-state index contributed by atoms with van der Waals surface area (Å²) < 4.78 is 38.5. The zero-order valence-electron chi connectivity index (χ0n) is 12.9. The summed E-state index contributed by atoms with van der Waals surface area (Å²) in [6.07, 6.45) is 1.17. The van der Waals surface area contributed by atoms with Crippen LogP contribution in [-0.4, -0.2) is 47.8 Å². The lowest BCUT2D eigenvalue weighted by Crippen LogP contribution is -2.14. The third-order valence-electron chi connectivity index (χ3n) is 2.80. The highest BCUT2D eigenvalue weighted by atomic mass is 32.2. The maximum absolute atomic E-state index is 11.2. The van der Waals surface area contributed by atoms with Crippen LogP contribution in [0, 0.1) is 0 Å². The summed E-state index contributed by atoms with van der Waals surface area (Å²) in [6, 6.07) is 3.70. The van der Waals surface area contributed by atoms with E-state index in [9.17, 15) is 8.42 Å². The highest BCUT2D eigenvalue weighted by molar-refractivity contribution is 7.90. The van der Waals surface area contributed by atoms with Crippen LogP contribution in [0.15, 0.2) is 12.1 Å². The van der Waals surface area contributed by atoms with Gasteiger partial charge in [0.05, 0.1) is 20.0 Å². The number of hydrogen-bond acceptors (Lipinski definition) is 6. The van der Waals surface area contributed by atoms with Crippen molar-refractivity contribution in [3.05, 3.63) is 17.7 Å². The van der Waals surface area contributed by atoms with E-state index in [1.165, 1.54) is 20.5 Å². The van der Waals surface area contributed by atoms with Crippen molar-refractivity contribution >= 4 is 9.84 Å². The largest absolute Gasteiger partial charge is 0.493 e. The standard InChI is InChI=1S/C14H23NO5S/c1-5-15-10-11-8-12(18-2)14(13(9-11)19-3)20-6-7-21(4,16)17/h8-9,15H,5-7,10H2,1-4H3. The van der Waals surface area contributed by atoms with Crippen LogP contribution in [0.2, 0.25) is 0 Å². The van der Waals surface area contributed by atoms with Crippen LogP contribution in [0.3, 0.4) is 0 Å². The van der Waals surface area contributed by atoms with E-state index in [0.29, 0.717) is 23.8 Å². The van der Waals surface area contributed by atoms with Gasteiger partial charge in [0.25, 0.3) is 0 Å². The van der Waals surface area contributed by atoms with Crippen LogP contribution >= 0.6 is 0 Å². The first kappa shape index (κ1) is 17.6. The van der Waals surface area contributed by atoms with Crippen LogP contribution in [0.4, 0.5) is 0 Å². The molecular formula is C14H23NO5S. The normalized spacial score (nSPS) is 11.2. The molecule has 1 rings (SSSR count). The molecule has 0 amide bonds. The second-order valence-corrected chi connectivity index (χ2v) is 6.85. The molecule has 0 heterocycles. The third kappa shape index (κ3) is 5.81. The Balaban J connectivity index is 2.95. The van der Waals surface area contributed by atoms with E-state index in [1.54, 1.807) is 0 Å². The van der Waals surface area contributed by atoms with Crippen LogP contribution < -0.4 is 19.5 Å². The Bertz CT molecular complexity index is 531.